The lowest BCUT2D eigenvalue weighted by molar-refractivity contribution is -0.233. The second-order valence-corrected chi connectivity index (χ2v) is 20.2. The van der Waals surface area contributed by atoms with E-state index in [9.17, 15) is 19.5 Å². The number of rotatable bonds is 8. The molecule has 2 heterocycles. The van der Waals surface area contributed by atoms with E-state index in [4.69, 9.17) is 20.8 Å². The molecule has 0 bridgehead atoms. The number of aromatic nitrogens is 3. The Morgan fingerprint density at radius 2 is 1.72 bits per heavy atom. The van der Waals surface area contributed by atoms with Gasteiger partial charge in [0.15, 0.2) is 5.78 Å². The van der Waals surface area contributed by atoms with Crippen molar-refractivity contribution in [3.8, 4) is 11.6 Å². The highest BCUT2D eigenvalue weighted by Gasteiger charge is 2.70. The van der Waals surface area contributed by atoms with Crippen LogP contribution in [0.1, 0.15) is 132 Å². The highest BCUT2D eigenvalue weighted by Crippen LogP contribution is 2.77. The Morgan fingerprint density at radius 3 is 2.38 bits per heavy atom. The highest BCUT2D eigenvalue weighted by atomic mass is 35.5. The van der Waals surface area contributed by atoms with E-state index in [1.165, 1.54) is 5.57 Å². The van der Waals surface area contributed by atoms with Gasteiger partial charge in [-0.1, -0.05) is 65.6 Å². The summed E-state index contributed by atoms with van der Waals surface area (Å²) in [6.07, 6.45) is 10.2. The lowest BCUT2D eigenvalue weighted by Gasteiger charge is -2.72. The lowest BCUT2D eigenvalue weighted by Crippen LogP contribution is -2.65. The van der Waals surface area contributed by atoms with Crippen LogP contribution in [-0.4, -0.2) is 44.1 Å². The number of halogens is 1. The summed E-state index contributed by atoms with van der Waals surface area (Å²) in [5, 5.41) is 19.0. The van der Waals surface area contributed by atoms with Gasteiger partial charge in [0.1, 0.15) is 11.8 Å². The van der Waals surface area contributed by atoms with E-state index in [2.05, 4.69) is 63.6 Å². The Balaban J connectivity index is 1.17. The van der Waals surface area contributed by atoms with Crippen LogP contribution in [0.3, 0.4) is 0 Å². The number of carboxylic acids is 1. The number of allylic oxidation sites excluding steroid dienone is 2. The summed E-state index contributed by atoms with van der Waals surface area (Å²) < 4.78 is 12.4. The molecule has 4 saturated carbocycles. The van der Waals surface area contributed by atoms with Gasteiger partial charge in [0, 0.05) is 29.9 Å². The van der Waals surface area contributed by atoms with Crippen LogP contribution in [0.4, 0.5) is 0 Å². The Morgan fingerprint density at radius 1 is 0.981 bits per heavy atom. The maximum absolute atomic E-state index is 14.1. The number of nitrogens with zero attached hydrogens (tertiary/aromatic N) is 3. The van der Waals surface area contributed by atoms with Crippen LogP contribution in [0.25, 0.3) is 11.6 Å². The molecule has 0 spiro atoms. The normalized spacial score (nSPS) is 36.4. The van der Waals surface area contributed by atoms with Crippen molar-refractivity contribution in [1.29, 1.82) is 0 Å². The fraction of sp³-hybridized carbons (Fsp3) is 0.721. The lowest BCUT2D eigenvalue weighted by atomic mass is 9.33. The molecular formula is C43H58ClN3O6. The molecule has 4 fully saturated rings. The van der Waals surface area contributed by atoms with E-state index in [0.29, 0.717) is 53.1 Å². The smallest absolute Gasteiger partial charge is 0.309 e. The van der Waals surface area contributed by atoms with E-state index in [1.807, 2.05) is 0 Å². The molecule has 8 atom stereocenters. The van der Waals surface area contributed by atoms with Gasteiger partial charge in [-0.2, -0.15) is 0 Å². The Labute approximate surface area is 319 Å². The van der Waals surface area contributed by atoms with Gasteiger partial charge in [-0.15, -0.1) is 10.2 Å². The molecule has 9 nitrogen and oxygen atoms in total. The highest BCUT2D eigenvalue weighted by molar-refractivity contribution is 6.30. The van der Waals surface area contributed by atoms with Crippen molar-refractivity contribution in [2.24, 2.45) is 56.2 Å². The molecule has 10 heteroatoms. The van der Waals surface area contributed by atoms with Crippen molar-refractivity contribution in [1.82, 2.24) is 15.2 Å². The molecular weight excluding hydrogens is 690 g/mol. The summed E-state index contributed by atoms with van der Waals surface area (Å²) in [5.74, 6) is 1.08. The number of carboxylic acid groups (broad SMARTS) is 1. The molecule has 5 aliphatic carbocycles. The van der Waals surface area contributed by atoms with Crippen molar-refractivity contribution in [2.75, 3.05) is 0 Å². The molecule has 53 heavy (non-hydrogen) atoms. The molecule has 2 aromatic heterocycles. The van der Waals surface area contributed by atoms with Crippen LogP contribution in [0.2, 0.25) is 5.02 Å². The average molecular weight is 748 g/mol. The molecule has 7 rings (SSSR count). The summed E-state index contributed by atoms with van der Waals surface area (Å²) in [5.41, 5.74) is 1.40. The number of pyridine rings is 1. The number of esters is 1. The number of ketones is 1. The topological polar surface area (TPSA) is 132 Å². The van der Waals surface area contributed by atoms with Crippen molar-refractivity contribution in [2.45, 2.75) is 139 Å². The number of hydrogen-bond donors (Lipinski definition) is 1. The van der Waals surface area contributed by atoms with Gasteiger partial charge in [-0.05, 0) is 123 Å². The number of carbonyl (C=O) groups is 3. The molecule has 2 unspecified atom stereocenters. The number of Topliss-reactive ketones (excluding diaryl/α,β-unsaturated/α-hetero) is 1. The predicted octanol–water partition coefficient (Wildman–Crippen LogP) is 9.72. The second-order valence-electron chi connectivity index (χ2n) is 19.7. The van der Waals surface area contributed by atoms with Crippen LogP contribution in [0.15, 0.2) is 33.9 Å². The molecule has 1 N–H and O–H groups in total. The number of aliphatic carboxylic acids is 1. The van der Waals surface area contributed by atoms with E-state index in [0.717, 1.165) is 56.9 Å². The van der Waals surface area contributed by atoms with Gasteiger partial charge in [0.2, 0.25) is 5.89 Å². The number of ether oxygens (including phenoxy) is 1. The Hall–Kier alpha value is -3.07. The third-order valence-corrected chi connectivity index (χ3v) is 16.1. The molecule has 0 amide bonds. The van der Waals surface area contributed by atoms with Crippen LogP contribution < -0.4 is 0 Å². The van der Waals surface area contributed by atoms with E-state index >= 15 is 0 Å². The first-order chi connectivity index (χ1) is 24.7. The predicted molar refractivity (Wildman–Crippen MR) is 202 cm³/mol. The first-order valence-corrected chi connectivity index (χ1v) is 20.2. The number of fused-ring (bicyclic) bond motifs is 7. The van der Waals surface area contributed by atoms with Crippen LogP contribution >= 0.6 is 11.6 Å². The van der Waals surface area contributed by atoms with E-state index < -0.39 is 17.4 Å². The summed E-state index contributed by atoms with van der Waals surface area (Å²) in [7, 11) is 0. The zero-order valence-corrected chi connectivity index (χ0v) is 33.9. The third kappa shape index (κ3) is 5.83. The minimum absolute atomic E-state index is 0.0105. The zero-order chi connectivity index (χ0) is 38.5. The van der Waals surface area contributed by atoms with Gasteiger partial charge < -0.3 is 14.3 Å². The summed E-state index contributed by atoms with van der Waals surface area (Å²) in [6, 6.07) is 3.54. The van der Waals surface area contributed by atoms with Crippen LogP contribution in [-0.2, 0) is 25.5 Å². The van der Waals surface area contributed by atoms with E-state index in [1.54, 1.807) is 32.2 Å². The minimum atomic E-state index is -1.17. The van der Waals surface area contributed by atoms with Crippen molar-refractivity contribution >= 4 is 29.3 Å². The van der Waals surface area contributed by atoms with E-state index in [-0.39, 0.29) is 51.3 Å². The SMILES string of the molecule is CC(C)C1=C2[C@H]3CCC4[C@@]5(C)CC[C@H](OC(=O)CC(C)(C)C(=O)O)C(C)(C)C5CC[C@@]4(C)[C@]3(C)CC[C@@]2(Cc2nnc(-c3ccc(Cl)cn3)o2)CC1=O. The minimum Gasteiger partial charge on any atom is -0.481 e. The molecule has 288 valence electrons. The maximum Gasteiger partial charge on any atom is 0.309 e. The molecule has 0 aliphatic heterocycles. The average Bonchev–Trinajstić information content (AvgIpc) is 3.64. The van der Waals surface area contributed by atoms with Crippen molar-refractivity contribution in [3.63, 3.8) is 0 Å². The number of carbonyl (C=O) groups excluding carboxylic acids is 2. The summed E-state index contributed by atoms with van der Waals surface area (Å²) in [6.45, 7) is 19.7. The van der Waals surface area contributed by atoms with Gasteiger partial charge in [0.25, 0.3) is 5.89 Å². The molecule has 2 aromatic rings. The van der Waals surface area contributed by atoms with Gasteiger partial charge in [-0.3, -0.25) is 14.4 Å². The van der Waals surface area contributed by atoms with Gasteiger partial charge >= 0.3 is 11.9 Å². The zero-order valence-electron chi connectivity index (χ0n) is 33.1. The van der Waals surface area contributed by atoms with Crippen molar-refractivity contribution in [3.05, 3.63) is 40.4 Å². The Bertz CT molecular complexity index is 1850. The standard InChI is InChI=1S/C43H58ClN3O6/c1-24(2)34-28(48)20-43(21-32-46-47-36(53-32)27-12-10-25(44)23-45-27)19-18-41(8)26(35(34)43)11-13-30-40(7)16-15-31(52-33(49)22-38(3,4)37(50)51)39(5,6)29(40)14-17-42(30,41)9/h10,12,23-24,26,29-31H,11,13-22H2,1-9H3,(H,50,51)/t26-,29?,30?,31+,40+,41-,42-,43+/m1/s1. The fourth-order valence-corrected chi connectivity index (χ4v) is 13.1. The largest absolute Gasteiger partial charge is 0.481 e. The fourth-order valence-electron chi connectivity index (χ4n) is 13.0. The van der Waals surface area contributed by atoms with Crippen molar-refractivity contribution < 1.29 is 28.6 Å². The first-order valence-electron chi connectivity index (χ1n) is 19.8. The van der Waals surface area contributed by atoms with Crippen LogP contribution in [0, 0.1) is 56.2 Å². The molecule has 0 aromatic carbocycles. The second kappa shape index (κ2) is 12.7. The quantitative estimate of drug-likeness (QED) is 0.262. The number of hydrogen-bond acceptors (Lipinski definition) is 8. The summed E-state index contributed by atoms with van der Waals surface area (Å²) >= 11 is 6.07. The molecule has 5 aliphatic rings. The molecule has 0 saturated heterocycles. The summed E-state index contributed by atoms with van der Waals surface area (Å²) in [4.78, 5) is 43.3. The monoisotopic (exact) mass is 747 g/mol. The first kappa shape index (κ1) is 38.2. The maximum atomic E-state index is 14.1. The van der Waals surface area contributed by atoms with Gasteiger partial charge in [-0.25, -0.2) is 4.98 Å². The van der Waals surface area contributed by atoms with Crippen LogP contribution in [0.5, 0.6) is 0 Å². The molecule has 0 radical (unpaired) electrons. The van der Waals surface area contributed by atoms with Gasteiger partial charge in [0.05, 0.1) is 16.9 Å². The Kier molecular flexibility index (Phi) is 9.19. The third-order valence-electron chi connectivity index (χ3n) is 15.9.